The molecule has 2 N–H and O–H groups in total. The summed E-state index contributed by atoms with van der Waals surface area (Å²) in [7, 11) is 1.85. The van der Waals surface area contributed by atoms with Gasteiger partial charge < -0.3 is 19.9 Å². The molecule has 2 rings (SSSR count). The lowest BCUT2D eigenvalue weighted by Crippen LogP contribution is -2.38. The quantitative estimate of drug-likeness (QED) is 0.723. The van der Waals surface area contributed by atoms with Gasteiger partial charge in [-0.15, -0.1) is 11.3 Å². The fourth-order valence-corrected chi connectivity index (χ4v) is 2.98. The maximum atomic E-state index is 12.1. The third-order valence-electron chi connectivity index (χ3n) is 3.30. The number of carbonyl (C=O) groups excluding carboxylic acids is 2. The van der Waals surface area contributed by atoms with E-state index in [-0.39, 0.29) is 18.4 Å². The molecule has 0 spiro atoms. The van der Waals surface area contributed by atoms with Crippen LogP contribution < -0.4 is 10.6 Å². The summed E-state index contributed by atoms with van der Waals surface area (Å²) in [6.07, 6.45) is 0.765. The van der Waals surface area contributed by atoms with Crippen LogP contribution in [0.5, 0.6) is 0 Å². The van der Waals surface area contributed by atoms with Crippen LogP contribution in [0.3, 0.4) is 0 Å². The van der Waals surface area contributed by atoms with E-state index in [4.69, 9.17) is 4.74 Å². The van der Waals surface area contributed by atoms with Gasteiger partial charge in [-0.1, -0.05) is 0 Å². The Morgan fingerprint density at radius 1 is 1.36 bits per heavy atom. The predicted octanol–water partition coefficient (Wildman–Crippen LogP) is 1.51. The minimum Gasteiger partial charge on any atom is -0.382 e. The van der Waals surface area contributed by atoms with Gasteiger partial charge in [0.2, 0.25) is 5.91 Å². The van der Waals surface area contributed by atoms with Crippen molar-refractivity contribution in [3.8, 4) is 0 Å². The lowest BCUT2D eigenvalue weighted by molar-refractivity contribution is -0.120. The van der Waals surface area contributed by atoms with Gasteiger partial charge in [0.05, 0.1) is 16.8 Å². The predicted molar refractivity (Wildman–Crippen MR) is 87.2 cm³/mol. The zero-order chi connectivity index (χ0) is 15.9. The van der Waals surface area contributed by atoms with E-state index in [0.29, 0.717) is 25.5 Å². The van der Waals surface area contributed by atoms with E-state index in [1.54, 1.807) is 11.3 Å². The Hall–Kier alpha value is -1.86. The highest BCUT2D eigenvalue weighted by Gasteiger charge is 2.14. The molecule has 6 nitrogen and oxygen atoms in total. The number of fused-ring (bicyclic) bond motifs is 1. The van der Waals surface area contributed by atoms with E-state index >= 15 is 0 Å². The van der Waals surface area contributed by atoms with Crippen LogP contribution in [-0.4, -0.2) is 42.7 Å². The first-order valence-corrected chi connectivity index (χ1v) is 8.17. The molecule has 0 fully saturated rings. The maximum absolute atomic E-state index is 12.1. The van der Waals surface area contributed by atoms with Gasteiger partial charge >= 0.3 is 0 Å². The van der Waals surface area contributed by atoms with Crippen LogP contribution in [-0.2, 0) is 16.6 Å². The number of nitrogens with zero attached hydrogens (tertiary/aromatic N) is 1. The average Bonchev–Trinajstić information content (AvgIpc) is 3.08. The Balaban J connectivity index is 1.76. The molecule has 2 heterocycles. The van der Waals surface area contributed by atoms with Crippen LogP contribution in [0.25, 0.3) is 10.2 Å². The molecular formula is C15H21N3O3S. The monoisotopic (exact) mass is 323 g/mol. The Morgan fingerprint density at radius 2 is 2.18 bits per heavy atom. The lowest BCUT2D eigenvalue weighted by Gasteiger charge is -2.08. The molecule has 22 heavy (non-hydrogen) atoms. The summed E-state index contributed by atoms with van der Waals surface area (Å²) < 4.78 is 8.08. The molecule has 2 aromatic rings. The summed E-state index contributed by atoms with van der Waals surface area (Å²) in [6, 6.07) is 3.82. The number of aryl methyl sites for hydroxylation is 1. The molecule has 0 saturated carbocycles. The van der Waals surface area contributed by atoms with E-state index in [1.165, 1.54) is 0 Å². The number of amides is 2. The number of nitrogens with one attached hydrogen (secondary N) is 2. The van der Waals surface area contributed by atoms with Crippen molar-refractivity contribution in [3.05, 3.63) is 23.2 Å². The second kappa shape index (κ2) is 7.95. The number of hydrogen-bond donors (Lipinski definition) is 2. The van der Waals surface area contributed by atoms with E-state index in [2.05, 4.69) is 10.6 Å². The molecule has 0 atom stereocenters. The summed E-state index contributed by atoms with van der Waals surface area (Å²) in [5.41, 5.74) is 1.58. The molecule has 0 unspecified atom stereocenters. The largest absolute Gasteiger partial charge is 0.382 e. The normalized spacial score (nSPS) is 10.8. The fraction of sp³-hybridized carbons (Fsp3) is 0.467. The second-order valence-electron chi connectivity index (χ2n) is 4.84. The van der Waals surface area contributed by atoms with Crippen LogP contribution in [0.15, 0.2) is 17.5 Å². The van der Waals surface area contributed by atoms with Crippen LogP contribution in [0.2, 0.25) is 0 Å². The topological polar surface area (TPSA) is 72.4 Å². The molecule has 0 aliphatic carbocycles. The molecule has 0 aromatic carbocycles. The summed E-state index contributed by atoms with van der Waals surface area (Å²) >= 11 is 1.59. The summed E-state index contributed by atoms with van der Waals surface area (Å²) in [4.78, 5) is 23.8. The molecule has 0 aliphatic heterocycles. The van der Waals surface area contributed by atoms with Gasteiger partial charge in [-0.25, -0.2) is 0 Å². The third-order valence-corrected chi connectivity index (χ3v) is 4.15. The summed E-state index contributed by atoms with van der Waals surface area (Å²) in [6.45, 7) is 3.77. The smallest absolute Gasteiger partial charge is 0.268 e. The van der Waals surface area contributed by atoms with Gasteiger partial charge in [0.25, 0.3) is 5.91 Å². The van der Waals surface area contributed by atoms with Crippen molar-refractivity contribution in [2.75, 3.05) is 26.3 Å². The highest BCUT2D eigenvalue weighted by atomic mass is 32.1. The van der Waals surface area contributed by atoms with Crippen LogP contribution in [0.1, 0.15) is 23.8 Å². The molecule has 120 valence electrons. The second-order valence-corrected chi connectivity index (χ2v) is 5.79. The van der Waals surface area contributed by atoms with E-state index in [1.807, 2.05) is 36.1 Å². The van der Waals surface area contributed by atoms with E-state index in [0.717, 1.165) is 16.6 Å². The van der Waals surface area contributed by atoms with Gasteiger partial charge in [0.1, 0.15) is 5.69 Å². The van der Waals surface area contributed by atoms with Crippen LogP contribution >= 0.6 is 11.3 Å². The van der Waals surface area contributed by atoms with Crippen molar-refractivity contribution >= 4 is 33.4 Å². The Morgan fingerprint density at radius 3 is 2.91 bits per heavy atom. The number of carbonyl (C=O) groups is 2. The molecule has 0 aliphatic rings. The first-order chi connectivity index (χ1) is 10.6. The Kier molecular flexibility index (Phi) is 5.97. The average molecular weight is 323 g/mol. The molecular weight excluding hydrogens is 302 g/mol. The van der Waals surface area contributed by atoms with Gasteiger partial charge in [-0.05, 0) is 30.9 Å². The minimum atomic E-state index is -0.240. The van der Waals surface area contributed by atoms with E-state index in [9.17, 15) is 9.59 Å². The molecule has 0 radical (unpaired) electrons. The van der Waals surface area contributed by atoms with Crippen molar-refractivity contribution in [3.63, 3.8) is 0 Å². The zero-order valence-corrected chi connectivity index (χ0v) is 13.7. The van der Waals surface area contributed by atoms with Gasteiger partial charge in [0, 0.05) is 26.8 Å². The standard InChI is InChI=1S/C15H21N3O3S/c1-3-21-7-4-6-16-14(19)10-17-15(20)12-9-13-11(18(12)2)5-8-22-13/h5,8-9H,3-4,6-7,10H2,1-2H3,(H,16,19)(H,17,20). The number of thiophene rings is 1. The van der Waals surface area contributed by atoms with E-state index < -0.39 is 0 Å². The molecule has 7 heteroatoms. The van der Waals surface area contributed by atoms with Crippen molar-refractivity contribution in [2.24, 2.45) is 7.05 Å². The van der Waals surface area contributed by atoms with Gasteiger partial charge in [-0.2, -0.15) is 0 Å². The highest BCUT2D eigenvalue weighted by Crippen LogP contribution is 2.23. The van der Waals surface area contributed by atoms with Crippen molar-refractivity contribution in [1.82, 2.24) is 15.2 Å². The van der Waals surface area contributed by atoms with Crippen molar-refractivity contribution in [2.45, 2.75) is 13.3 Å². The molecule has 2 aromatic heterocycles. The minimum absolute atomic E-state index is 0.0215. The number of rotatable bonds is 8. The Bertz CT molecular complexity index is 648. The SMILES string of the molecule is CCOCCCNC(=O)CNC(=O)c1cc2sccc2n1C. The lowest BCUT2D eigenvalue weighted by atomic mass is 10.4. The van der Waals surface area contributed by atoms with Gasteiger partial charge in [-0.3, -0.25) is 9.59 Å². The molecule has 0 saturated heterocycles. The first kappa shape index (κ1) is 16.5. The summed E-state index contributed by atoms with van der Waals surface area (Å²) in [5, 5.41) is 7.38. The number of ether oxygens (including phenoxy) is 1. The van der Waals surface area contributed by atoms with Crippen molar-refractivity contribution in [1.29, 1.82) is 0 Å². The molecule has 0 bridgehead atoms. The molecule has 2 amide bonds. The maximum Gasteiger partial charge on any atom is 0.268 e. The zero-order valence-electron chi connectivity index (χ0n) is 12.8. The summed E-state index contributed by atoms with van der Waals surface area (Å²) in [5.74, 6) is -0.434. The van der Waals surface area contributed by atoms with Crippen molar-refractivity contribution < 1.29 is 14.3 Å². The highest BCUT2D eigenvalue weighted by molar-refractivity contribution is 7.17. The van der Waals surface area contributed by atoms with Crippen LogP contribution in [0, 0.1) is 0 Å². The Labute approximate surface area is 133 Å². The number of aromatic nitrogens is 1. The van der Waals surface area contributed by atoms with Gasteiger partial charge in [0.15, 0.2) is 0 Å². The van der Waals surface area contributed by atoms with Crippen LogP contribution in [0.4, 0.5) is 0 Å². The third kappa shape index (κ3) is 4.08. The first-order valence-electron chi connectivity index (χ1n) is 7.29. The fourth-order valence-electron chi connectivity index (χ4n) is 2.13. The number of hydrogen-bond acceptors (Lipinski definition) is 4.